The van der Waals surface area contributed by atoms with Gasteiger partial charge in [0.05, 0.1) is 13.1 Å². The first-order valence-corrected chi connectivity index (χ1v) is 8.95. The van der Waals surface area contributed by atoms with Crippen molar-refractivity contribution in [2.45, 2.75) is 32.9 Å². The molecule has 1 unspecified atom stereocenters. The Bertz CT molecular complexity index is 611. The van der Waals surface area contributed by atoms with Crippen LogP contribution < -0.4 is 10.6 Å². The minimum Gasteiger partial charge on any atom is -0.384 e. The van der Waals surface area contributed by atoms with Gasteiger partial charge in [-0.15, -0.1) is 35.3 Å². The van der Waals surface area contributed by atoms with Gasteiger partial charge in [-0.25, -0.2) is 9.98 Å². The maximum Gasteiger partial charge on any atom is 0.191 e. The second-order valence-electron chi connectivity index (χ2n) is 5.20. The molecule has 3 N–H and O–H groups in total. The summed E-state index contributed by atoms with van der Waals surface area (Å²) in [5, 5.41) is 21.8. The molecule has 1 atom stereocenters. The van der Waals surface area contributed by atoms with Crippen molar-refractivity contribution in [2.75, 3.05) is 13.1 Å². The number of rotatable bonds is 6. The Hall–Kier alpha value is -0.710. The summed E-state index contributed by atoms with van der Waals surface area (Å²) in [6.07, 6.45) is 1.86. The molecule has 0 aromatic carbocycles. The fourth-order valence-corrected chi connectivity index (χ4v) is 3.39. The van der Waals surface area contributed by atoms with Gasteiger partial charge in [-0.1, -0.05) is 0 Å². The zero-order chi connectivity index (χ0) is 16.0. The van der Waals surface area contributed by atoms with E-state index in [1.807, 2.05) is 36.9 Å². The molecule has 0 bridgehead atoms. The first-order valence-electron chi connectivity index (χ1n) is 7.20. The van der Waals surface area contributed by atoms with E-state index >= 15 is 0 Å². The highest BCUT2D eigenvalue weighted by atomic mass is 127. The van der Waals surface area contributed by atoms with Crippen LogP contribution in [-0.4, -0.2) is 29.1 Å². The Labute approximate surface area is 162 Å². The number of aromatic nitrogens is 1. The minimum atomic E-state index is -0.923. The van der Waals surface area contributed by atoms with Crippen LogP contribution in [0.4, 0.5) is 0 Å². The number of hydrogen-bond donors (Lipinski definition) is 3. The van der Waals surface area contributed by atoms with Crippen LogP contribution in [0.2, 0.25) is 0 Å². The van der Waals surface area contributed by atoms with Crippen LogP contribution in [0, 0.1) is 6.92 Å². The van der Waals surface area contributed by atoms with Crippen molar-refractivity contribution in [3.63, 3.8) is 0 Å². The standard InChI is InChI=1S/C15H22N4OS2.HI/c1-4-16-14(18-8-13-17-7-11(2)22-13)19-10-15(3,20)12-5-6-21-9-12;/h5-7,9,20H,4,8,10H2,1-3H3,(H2,16,18,19);1H. The fourth-order valence-electron chi connectivity index (χ4n) is 1.89. The lowest BCUT2D eigenvalue weighted by molar-refractivity contribution is 0.0621. The van der Waals surface area contributed by atoms with Gasteiger partial charge in [0.2, 0.25) is 0 Å². The van der Waals surface area contributed by atoms with Gasteiger partial charge in [0, 0.05) is 17.6 Å². The maximum absolute atomic E-state index is 10.5. The molecule has 0 aliphatic carbocycles. The van der Waals surface area contributed by atoms with E-state index < -0.39 is 5.60 Å². The molecule has 5 nitrogen and oxygen atoms in total. The van der Waals surface area contributed by atoms with E-state index in [0.29, 0.717) is 19.0 Å². The molecule has 0 aliphatic heterocycles. The summed E-state index contributed by atoms with van der Waals surface area (Å²) >= 11 is 3.23. The van der Waals surface area contributed by atoms with Crippen molar-refractivity contribution in [1.29, 1.82) is 0 Å². The zero-order valence-corrected chi connectivity index (χ0v) is 17.5. The van der Waals surface area contributed by atoms with Crippen molar-refractivity contribution in [2.24, 2.45) is 4.99 Å². The lowest BCUT2D eigenvalue weighted by Gasteiger charge is -2.24. The van der Waals surface area contributed by atoms with E-state index in [-0.39, 0.29) is 24.0 Å². The van der Waals surface area contributed by atoms with E-state index in [0.717, 1.165) is 17.1 Å². The molecule has 0 radical (unpaired) electrons. The topological polar surface area (TPSA) is 69.5 Å². The zero-order valence-electron chi connectivity index (χ0n) is 13.5. The van der Waals surface area contributed by atoms with E-state index in [2.05, 4.69) is 20.6 Å². The molecule has 0 spiro atoms. The highest BCUT2D eigenvalue weighted by Crippen LogP contribution is 2.22. The summed E-state index contributed by atoms with van der Waals surface area (Å²) in [6.45, 7) is 7.55. The van der Waals surface area contributed by atoms with Crippen LogP contribution in [0.25, 0.3) is 0 Å². The van der Waals surface area contributed by atoms with E-state index in [1.165, 1.54) is 4.88 Å². The van der Waals surface area contributed by atoms with E-state index in [1.54, 1.807) is 29.6 Å². The summed E-state index contributed by atoms with van der Waals surface area (Å²) in [4.78, 5) is 10.0. The third-order valence-corrected chi connectivity index (χ3v) is 4.71. The summed E-state index contributed by atoms with van der Waals surface area (Å²) in [6, 6.07) is 1.94. The minimum absolute atomic E-state index is 0. The highest BCUT2D eigenvalue weighted by molar-refractivity contribution is 14.0. The largest absolute Gasteiger partial charge is 0.384 e. The van der Waals surface area contributed by atoms with Gasteiger partial charge in [-0.05, 0) is 43.2 Å². The summed E-state index contributed by atoms with van der Waals surface area (Å²) in [7, 11) is 0. The van der Waals surface area contributed by atoms with Crippen molar-refractivity contribution < 1.29 is 5.11 Å². The lowest BCUT2D eigenvalue weighted by Crippen LogP contribution is -2.44. The molecule has 2 aromatic rings. The molecule has 0 saturated carbocycles. The molecule has 8 heteroatoms. The average Bonchev–Trinajstić information content (AvgIpc) is 3.13. The van der Waals surface area contributed by atoms with Crippen LogP contribution in [0.1, 0.15) is 29.3 Å². The smallest absolute Gasteiger partial charge is 0.191 e. The maximum atomic E-state index is 10.5. The van der Waals surface area contributed by atoms with Gasteiger partial charge in [-0.3, -0.25) is 0 Å². The number of aliphatic hydroxyl groups is 1. The lowest BCUT2D eigenvalue weighted by atomic mass is 9.99. The molecular formula is C15H23IN4OS2. The van der Waals surface area contributed by atoms with Crippen molar-refractivity contribution >= 4 is 52.6 Å². The normalized spacial score (nSPS) is 14.0. The Balaban J connectivity index is 0.00000264. The first kappa shape index (κ1) is 20.3. The third kappa shape index (κ3) is 6.36. The van der Waals surface area contributed by atoms with Crippen LogP contribution in [0.5, 0.6) is 0 Å². The molecule has 2 aromatic heterocycles. The highest BCUT2D eigenvalue weighted by Gasteiger charge is 2.23. The number of halogens is 1. The van der Waals surface area contributed by atoms with Crippen molar-refractivity contribution in [3.8, 4) is 0 Å². The Morgan fingerprint density at radius 2 is 2.22 bits per heavy atom. The van der Waals surface area contributed by atoms with Gasteiger partial charge in [0.15, 0.2) is 5.96 Å². The fraction of sp³-hybridized carbons (Fsp3) is 0.467. The predicted molar refractivity (Wildman–Crippen MR) is 109 cm³/mol. The number of thiophene rings is 1. The predicted octanol–water partition coefficient (Wildman–Crippen LogP) is 3.09. The molecule has 0 saturated heterocycles. The molecule has 0 fully saturated rings. The van der Waals surface area contributed by atoms with Crippen molar-refractivity contribution in [3.05, 3.63) is 38.5 Å². The molecule has 0 aliphatic rings. The second kappa shape index (κ2) is 9.55. The molecule has 23 heavy (non-hydrogen) atoms. The molecular weight excluding hydrogens is 443 g/mol. The second-order valence-corrected chi connectivity index (χ2v) is 7.30. The SMILES string of the molecule is CCNC(=NCc1ncc(C)s1)NCC(C)(O)c1ccsc1.I. The molecule has 2 heterocycles. The number of nitrogens with one attached hydrogen (secondary N) is 2. The summed E-state index contributed by atoms with van der Waals surface area (Å²) in [5.41, 5.74) is -0.00933. The number of nitrogens with zero attached hydrogens (tertiary/aromatic N) is 2. The van der Waals surface area contributed by atoms with E-state index in [9.17, 15) is 5.11 Å². The number of guanidine groups is 1. The summed E-state index contributed by atoms with van der Waals surface area (Å²) < 4.78 is 0. The monoisotopic (exact) mass is 466 g/mol. The van der Waals surface area contributed by atoms with Gasteiger partial charge < -0.3 is 15.7 Å². The van der Waals surface area contributed by atoms with Gasteiger partial charge in [0.1, 0.15) is 10.6 Å². The van der Waals surface area contributed by atoms with Crippen LogP contribution in [0.15, 0.2) is 28.0 Å². The third-order valence-electron chi connectivity index (χ3n) is 3.13. The Morgan fingerprint density at radius 1 is 1.43 bits per heavy atom. The quantitative estimate of drug-likeness (QED) is 0.348. The van der Waals surface area contributed by atoms with Crippen LogP contribution in [-0.2, 0) is 12.1 Å². The Kier molecular flexibility index (Phi) is 8.45. The average molecular weight is 466 g/mol. The number of aliphatic imine (C=N–C) groups is 1. The van der Waals surface area contributed by atoms with Crippen molar-refractivity contribution in [1.82, 2.24) is 15.6 Å². The number of thiazole rings is 1. The van der Waals surface area contributed by atoms with Gasteiger partial charge in [-0.2, -0.15) is 11.3 Å². The first-order chi connectivity index (χ1) is 10.5. The van der Waals surface area contributed by atoms with Gasteiger partial charge in [0.25, 0.3) is 0 Å². The summed E-state index contributed by atoms with van der Waals surface area (Å²) in [5.74, 6) is 0.686. The molecule has 0 amide bonds. The Morgan fingerprint density at radius 3 is 2.78 bits per heavy atom. The van der Waals surface area contributed by atoms with Gasteiger partial charge >= 0.3 is 0 Å². The number of hydrogen-bond acceptors (Lipinski definition) is 5. The van der Waals surface area contributed by atoms with Crippen LogP contribution in [0.3, 0.4) is 0 Å². The van der Waals surface area contributed by atoms with Crippen LogP contribution >= 0.6 is 46.7 Å². The number of aryl methyl sites for hydroxylation is 1. The molecule has 128 valence electrons. The van der Waals surface area contributed by atoms with E-state index in [4.69, 9.17) is 0 Å². The molecule has 2 rings (SSSR count).